The Kier molecular flexibility index (Phi) is 2.01. The van der Waals surface area contributed by atoms with Gasteiger partial charge < -0.3 is 5.32 Å². The van der Waals surface area contributed by atoms with Crippen LogP contribution in [0.15, 0.2) is 9.98 Å². The van der Waals surface area contributed by atoms with Gasteiger partial charge in [0.25, 0.3) is 0 Å². The molecular weight excluding hydrogens is 238 g/mol. The Morgan fingerprint density at radius 3 is 2.62 bits per heavy atom. The van der Waals surface area contributed by atoms with E-state index in [4.69, 9.17) is 0 Å². The molecule has 0 amide bonds. The Balaban J connectivity index is 2.63. The fourth-order valence-electron chi connectivity index (χ4n) is 0.281. The molecule has 0 bridgehead atoms. The lowest BCUT2D eigenvalue weighted by atomic mass is 10.9. The van der Waals surface area contributed by atoms with Crippen LogP contribution in [-0.2, 0) is 0 Å². The zero-order valence-electron chi connectivity index (χ0n) is 3.73. The number of hydrogen-bond donors (Lipinski definition) is 1. The van der Waals surface area contributed by atoms with Crippen molar-refractivity contribution in [2.45, 2.75) is 0 Å². The van der Waals surface area contributed by atoms with Crippen LogP contribution >= 0.6 is 31.9 Å². The Bertz CT molecular complexity index is 141. The van der Waals surface area contributed by atoms with Crippen LogP contribution in [0.25, 0.3) is 0 Å². The molecule has 1 aliphatic heterocycles. The third-order valence-electron chi connectivity index (χ3n) is 0.545. The average molecular weight is 240 g/mol. The van der Waals surface area contributed by atoms with Crippen LogP contribution in [0.3, 0.4) is 0 Å². The van der Waals surface area contributed by atoms with Crippen LogP contribution in [0.5, 0.6) is 0 Å². The first-order valence-electron chi connectivity index (χ1n) is 1.85. The minimum Gasteiger partial charge on any atom is -0.339 e. The monoisotopic (exact) mass is 238 g/mol. The normalized spacial score (nSPS) is 20.0. The summed E-state index contributed by atoms with van der Waals surface area (Å²) in [6.07, 6.45) is 1.54. The van der Waals surface area contributed by atoms with Gasteiger partial charge in [0.1, 0.15) is 0 Å². The van der Waals surface area contributed by atoms with E-state index < -0.39 is 0 Å². The van der Waals surface area contributed by atoms with Crippen molar-refractivity contribution in [2.75, 3.05) is 0 Å². The third kappa shape index (κ3) is 1.56. The van der Waals surface area contributed by atoms with Crippen LogP contribution in [0.1, 0.15) is 0 Å². The van der Waals surface area contributed by atoms with Gasteiger partial charge in [-0.05, 0) is 31.9 Å². The van der Waals surface area contributed by atoms with Crippen molar-refractivity contribution in [3.05, 3.63) is 5.08 Å². The van der Waals surface area contributed by atoms with E-state index in [1.807, 2.05) is 0 Å². The molecule has 0 aliphatic carbocycles. The van der Waals surface area contributed by atoms with E-state index in [0.29, 0.717) is 9.82 Å². The molecule has 1 aliphatic rings. The molecule has 0 saturated carbocycles. The lowest BCUT2D eigenvalue weighted by Crippen LogP contribution is -2.16. The fraction of sp³-hybridized carbons (Fsp3) is 0. The number of rotatable bonds is 0. The summed E-state index contributed by atoms with van der Waals surface area (Å²) < 4.78 is 0.572. The number of nitrogens with one attached hydrogen (secondary N) is 1. The minimum absolute atomic E-state index is 0.572. The first-order valence-corrected chi connectivity index (χ1v) is 3.43. The molecule has 0 atom stereocenters. The lowest BCUT2D eigenvalue weighted by Gasteiger charge is -2.04. The maximum Gasteiger partial charge on any atom is 0.244 e. The highest BCUT2D eigenvalue weighted by Crippen LogP contribution is 2.10. The second kappa shape index (κ2) is 2.59. The summed E-state index contributed by atoms with van der Waals surface area (Å²) >= 11 is 6.22. The highest BCUT2D eigenvalue weighted by molar-refractivity contribution is 9.18. The molecule has 0 spiro atoms. The summed E-state index contributed by atoms with van der Waals surface area (Å²) in [5, 5.41) is 3.40. The summed E-state index contributed by atoms with van der Waals surface area (Å²) in [5.74, 6) is 0. The Hall–Kier alpha value is 0.1000. The molecule has 0 aromatic heterocycles. The predicted octanol–water partition coefficient (Wildman–Crippen LogP) is 1.21. The van der Waals surface area contributed by atoms with Gasteiger partial charge in [0.2, 0.25) is 5.08 Å². The van der Waals surface area contributed by atoms with Gasteiger partial charge in [-0.2, -0.15) is 0 Å². The molecule has 0 aromatic rings. The number of halogens is 2. The number of nitrogens with zero attached hydrogens (tertiary/aromatic N) is 2. The first-order chi connectivity index (χ1) is 3.79. The largest absolute Gasteiger partial charge is 0.339 e. The minimum atomic E-state index is 0.572. The molecule has 0 aromatic carbocycles. The van der Waals surface area contributed by atoms with Gasteiger partial charge in [-0.3, -0.25) is 0 Å². The van der Waals surface area contributed by atoms with E-state index in [0.717, 1.165) is 0 Å². The molecular formula is C3H2Br2N3. The maximum atomic E-state index is 3.84. The summed E-state index contributed by atoms with van der Waals surface area (Å²) in [4.78, 5) is 7.60. The average Bonchev–Trinajstić information content (AvgIpc) is 1.64. The molecule has 5 heteroatoms. The van der Waals surface area contributed by atoms with Crippen molar-refractivity contribution in [3.8, 4) is 0 Å². The number of aliphatic imine (C=N–C) groups is 2. The molecule has 0 fully saturated rings. The predicted molar refractivity (Wildman–Crippen MR) is 40.2 cm³/mol. The molecule has 0 unspecified atom stereocenters. The molecule has 1 N–H and O–H groups in total. The SMILES string of the molecule is Br[C]1N=C(Br)N=CN1. The zero-order chi connectivity index (χ0) is 5.98. The molecule has 43 valence electrons. The molecule has 1 rings (SSSR count). The van der Waals surface area contributed by atoms with Gasteiger partial charge in [0.05, 0.1) is 6.34 Å². The number of amidine groups is 1. The topological polar surface area (TPSA) is 36.8 Å². The standard InChI is InChI=1S/C3H2Br2N3/c4-2-6-1-7-3(5)8-2/h1H,(H,6,7,8). The zero-order valence-corrected chi connectivity index (χ0v) is 6.90. The molecule has 0 saturated heterocycles. The molecule has 1 radical (unpaired) electrons. The summed E-state index contributed by atoms with van der Waals surface area (Å²) in [7, 11) is 0. The van der Waals surface area contributed by atoms with Crippen molar-refractivity contribution >= 4 is 42.9 Å². The van der Waals surface area contributed by atoms with Crippen LogP contribution < -0.4 is 5.32 Å². The van der Waals surface area contributed by atoms with E-state index in [1.165, 1.54) is 0 Å². The highest BCUT2D eigenvalue weighted by Gasteiger charge is 2.03. The van der Waals surface area contributed by atoms with Gasteiger partial charge in [-0.1, -0.05) is 0 Å². The van der Waals surface area contributed by atoms with Crippen molar-refractivity contribution in [1.29, 1.82) is 0 Å². The van der Waals surface area contributed by atoms with Gasteiger partial charge in [0.15, 0.2) is 4.74 Å². The molecule has 3 nitrogen and oxygen atoms in total. The lowest BCUT2D eigenvalue weighted by molar-refractivity contribution is 1.05. The molecule has 1 heterocycles. The Morgan fingerprint density at radius 1 is 1.50 bits per heavy atom. The van der Waals surface area contributed by atoms with Crippen molar-refractivity contribution < 1.29 is 0 Å². The summed E-state index contributed by atoms with van der Waals surface area (Å²) in [5.41, 5.74) is 0. The Labute approximate surface area is 63.5 Å². The number of hydrogen-bond acceptors (Lipinski definition) is 3. The highest BCUT2D eigenvalue weighted by atomic mass is 79.9. The summed E-state index contributed by atoms with van der Waals surface area (Å²) in [6, 6.07) is 0. The van der Waals surface area contributed by atoms with Crippen LogP contribution in [0.4, 0.5) is 0 Å². The first kappa shape index (κ1) is 6.22. The molecule has 8 heavy (non-hydrogen) atoms. The fourth-order valence-corrected chi connectivity index (χ4v) is 1.07. The van der Waals surface area contributed by atoms with Crippen LogP contribution in [0.2, 0.25) is 0 Å². The van der Waals surface area contributed by atoms with Gasteiger partial charge in [0, 0.05) is 0 Å². The van der Waals surface area contributed by atoms with Crippen molar-refractivity contribution in [2.24, 2.45) is 9.98 Å². The maximum absolute atomic E-state index is 3.84. The van der Waals surface area contributed by atoms with Gasteiger partial charge in [-0.15, -0.1) is 0 Å². The van der Waals surface area contributed by atoms with Crippen molar-refractivity contribution in [1.82, 2.24) is 5.32 Å². The quantitative estimate of drug-likeness (QED) is 0.634. The summed E-state index contributed by atoms with van der Waals surface area (Å²) in [6.45, 7) is 0. The third-order valence-corrected chi connectivity index (χ3v) is 1.33. The second-order valence-electron chi connectivity index (χ2n) is 1.07. The van der Waals surface area contributed by atoms with Crippen molar-refractivity contribution in [3.63, 3.8) is 0 Å². The van der Waals surface area contributed by atoms with E-state index in [9.17, 15) is 0 Å². The van der Waals surface area contributed by atoms with Crippen LogP contribution in [0, 0.1) is 5.08 Å². The Morgan fingerprint density at radius 2 is 2.25 bits per heavy atom. The van der Waals surface area contributed by atoms with E-state index in [2.05, 4.69) is 47.2 Å². The van der Waals surface area contributed by atoms with E-state index in [1.54, 1.807) is 6.34 Å². The smallest absolute Gasteiger partial charge is 0.244 e. The van der Waals surface area contributed by atoms with E-state index >= 15 is 0 Å². The van der Waals surface area contributed by atoms with E-state index in [-0.39, 0.29) is 0 Å². The van der Waals surface area contributed by atoms with Gasteiger partial charge in [-0.25, -0.2) is 9.98 Å². The second-order valence-corrected chi connectivity index (χ2v) is 2.53. The van der Waals surface area contributed by atoms with Gasteiger partial charge >= 0.3 is 0 Å². The van der Waals surface area contributed by atoms with Crippen LogP contribution in [-0.4, -0.2) is 11.1 Å².